The van der Waals surface area contributed by atoms with Crippen molar-refractivity contribution in [1.82, 2.24) is 4.57 Å². The van der Waals surface area contributed by atoms with Crippen molar-refractivity contribution in [2.24, 2.45) is 7.05 Å². The van der Waals surface area contributed by atoms with Crippen LogP contribution >= 0.6 is 0 Å². The van der Waals surface area contributed by atoms with Crippen LogP contribution in [0.3, 0.4) is 0 Å². The minimum Gasteiger partial charge on any atom is -0.457 e. The van der Waals surface area contributed by atoms with Crippen molar-refractivity contribution in [2.75, 3.05) is 5.32 Å². The summed E-state index contributed by atoms with van der Waals surface area (Å²) < 4.78 is 7.92. The van der Waals surface area contributed by atoms with E-state index in [1.165, 1.54) is 0 Å². The Hall–Kier alpha value is -3.53. The molecule has 0 aliphatic heterocycles. The topological polar surface area (TPSA) is 43.3 Å². The first-order chi connectivity index (χ1) is 13.6. The molecule has 0 saturated carbocycles. The molecule has 1 amide bonds. The summed E-state index contributed by atoms with van der Waals surface area (Å²) in [5.74, 6) is 1.48. The SMILES string of the molecule is Cc1c(CC(=O)Nc2ccc(Oc3ccccc3)cc2)c2ccccc2n1C. The molecule has 0 aliphatic carbocycles. The molecule has 1 heterocycles. The monoisotopic (exact) mass is 370 g/mol. The van der Waals surface area contributed by atoms with Crippen molar-refractivity contribution < 1.29 is 9.53 Å². The van der Waals surface area contributed by atoms with Gasteiger partial charge in [-0.25, -0.2) is 0 Å². The summed E-state index contributed by atoms with van der Waals surface area (Å²) in [4.78, 5) is 12.6. The normalized spacial score (nSPS) is 10.8. The zero-order valence-electron chi connectivity index (χ0n) is 16.0. The Morgan fingerprint density at radius 3 is 2.29 bits per heavy atom. The van der Waals surface area contributed by atoms with E-state index >= 15 is 0 Å². The summed E-state index contributed by atoms with van der Waals surface area (Å²) in [6, 6.07) is 25.2. The third-order valence-corrected chi connectivity index (χ3v) is 4.98. The number of anilines is 1. The highest BCUT2D eigenvalue weighted by Crippen LogP contribution is 2.26. The Balaban J connectivity index is 1.45. The molecular formula is C24H22N2O2. The number of hydrogen-bond donors (Lipinski definition) is 1. The first-order valence-corrected chi connectivity index (χ1v) is 9.27. The third kappa shape index (κ3) is 3.62. The molecule has 0 saturated heterocycles. The molecule has 4 nitrogen and oxygen atoms in total. The number of carbonyl (C=O) groups is 1. The van der Waals surface area contributed by atoms with E-state index in [0.717, 1.165) is 39.3 Å². The summed E-state index contributed by atoms with van der Waals surface area (Å²) in [6.45, 7) is 2.05. The Morgan fingerprint density at radius 2 is 1.54 bits per heavy atom. The van der Waals surface area contributed by atoms with Gasteiger partial charge in [0.05, 0.1) is 6.42 Å². The zero-order valence-corrected chi connectivity index (χ0v) is 16.0. The van der Waals surface area contributed by atoms with Gasteiger partial charge in [-0.3, -0.25) is 4.79 Å². The van der Waals surface area contributed by atoms with Gasteiger partial charge in [-0.05, 0) is 55.0 Å². The summed E-state index contributed by atoms with van der Waals surface area (Å²) in [5.41, 5.74) is 4.08. The Morgan fingerprint density at radius 1 is 0.893 bits per heavy atom. The molecule has 0 aliphatic rings. The van der Waals surface area contributed by atoms with Crippen LogP contribution in [0.25, 0.3) is 10.9 Å². The van der Waals surface area contributed by atoms with Crippen LogP contribution in [0.5, 0.6) is 11.5 Å². The van der Waals surface area contributed by atoms with Gasteiger partial charge in [0, 0.05) is 29.3 Å². The molecule has 0 bridgehead atoms. The molecule has 0 atom stereocenters. The lowest BCUT2D eigenvalue weighted by molar-refractivity contribution is -0.115. The second-order valence-electron chi connectivity index (χ2n) is 6.80. The number of benzene rings is 3. The van der Waals surface area contributed by atoms with E-state index in [0.29, 0.717) is 6.42 Å². The fourth-order valence-corrected chi connectivity index (χ4v) is 3.42. The molecule has 28 heavy (non-hydrogen) atoms. The van der Waals surface area contributed by atoms with Crippen molar-refractivity contribution >= 4 is 22.5 Å². The van der Waals surface area contributed by atoms with Crippen LogP contribution in [0.1, 0.15) is 11.3 Å². The zero-order chi connectivity index (χ0) is 19.5. The number of amides is 1. The van der Waals surface area contributed by atoms with Gasteiger partial charge in [0.25, 0.3) is 0 Å². The maximum Gasteiger partial charge on any atom is 0.228 e. The largest absolute Gasteiger partial charge is 0.457 e. The fourth-order valence-electron chi connectivity index (χ4n) is 3.42. The molecule has 4 aromatic rings. The van der Waals surface area contributed by atoms with Gasteiger partial charge >= 0.3 is 0 Å². The van der Waals surface area contributed by atoms with Crippen molar-refractivity contribution in [2.45, 2.75) is 13.3 Å². The van der Waals surface area contributed by atoms with Crippen LogP contribution in [-0.4, -0.2) is 10.5 Å². The average Bonchev–Trinajstić information content (AvgIpc) is 2.95. The molecule has 4 rings (SSSR count). The van der Waals surface area contributed by atoms with E-state index in [-0.39, 0.29) is 5.91 Å². The molecular weight excluding hydrogens is 348 g/mol. The number of nitrogens with zero attached hydrogens (tertiary/aromatic N) is 1. The number of hydrogen-bond acceptors (Lipinski definition) is 2. The molecule has 140 valence electrons. The third-order valence-electron chi connectivity index (χ3n) is 4.98. The Bertz CT molecular complexity index is 1110. The Labute approximate surface area is 164 Å². The van der Waals surface area contributed by atoms with E-state index in [4.69, 9.17) is 4.74 Å². The highest BCUT2D eigenvalue weighted by atomic mass is 16.5. The molecule has 1 N–H and O–H groups in total. The molecule has 4 heteroatoms. The predicted molar refractivity (Wildman–Crippen MR) is 113 cm³/mol. The highest BCUT2D eigenvalue weighted by molar-refractivity contribution is 5.96. The number of aromatic nitrogens is 1. The van der Waals surface area contributed by atoms with Crippen molar-refractivity contribution in [3.63, 3.8) is 0 Å². The second kappa shape index (κ2) is 7.61. The van der Waals surface area contributed by atoms with Crippen molar-refractivity contribution in [1.29, 1.82) is 0 Å². The predicted octanol–water partition coefficient (Wildman–Crippen LogP) is 5.46. The minimum absolute atomic E-state index is 0.0313. The lowest BCUT2D eigenvalue weighted by Gasteiger charge is -2.08. The van der Waals surface area contributed by atoms with E-state index in [2.05, 4.69) is 28.9 Å². The number of carbonyl (C=O) groups excluding carboxylic acids is 1. The lowest BCUT2D eigenvalue weighted by atomic mass is 10.1. The lowest BCUT2D eigenvalue weighted by Crippen LogP contribution is -2.14. The van der Waals surface area contributed by atoms with Crippen LogP contribution in [0.2, 0.25) is 0 Å². The van der Waals surface area contributed by atoms with E-state index in [1.807, 2.05) is 73.8 Å². The fraction of sp³-hybridized carbons (Fsp3) is 0.125. The standard InChI is InChI=1S/C24H22N2O2/c1-17-22(21-10-6-7-11-23(21)26(17)2)16-24(27)25-18-12-14-20(15-13-18)28-19-8-4-3-5-9-19/h3-15H,16H2,1-2H3,(H,25,27). The smallest absolute Gasteiger partial charge is 0.228 e. The van der Waals surface area contributed by atoms with Crippen LogP contribution in [0.15, 0.2) is 78.9 Å². The average molecular weight is 370 g/mol. The molecule has 0 spiro atoms. The van der Waals surface area contributed by atoms with Crippen LogP contribution in [0.4, 0.5) is 5.69 Å². The minimum atomic E-state index is -0.0313. The van der Waals surface area contributed by atoms with E-state index < -0.39 is 0 Å². The summed E-state index contributed by atoms with van der Waals surface area (Å²) in [5, 5.41) is 4.11. The number of nitrogens with one attached hydrogen (secondary N) is 1. The molecule has 0 radical (unpaired) electrons. The number of aryl methyl sites for hydroxylation is 1. The maximum atomic E-state index is 12.6. The summed E-state index contributed by atoms with van der Waals surface area (Å²) >= 11 is 0. The van der Waals surface area contributed by atoms with Gasteiger partial charge in [0.15, 0.2) is 0 Å². The molecule has 0 unspecified atom stereocenters. The molecule has 1 aromatic heterocycles. The number of ether oxygens (including phenoxy) is 1. The van der Waals surface area contributed by atoms with Crippen LogP contribution < -0.4 is 10.1 Å². The van der Waals surface area contributed by atoms with Gasteiger partial charge in [-0.15, -0.1) is 0 Å². The summed E-state index contributed by atoms with van der Waals surface area (Å²) in [6.07, 6.45) is 0.343. The molecule has 0 fully saturated rings. The highest BCUT2D eigenvalue weighted by Gasteiger charge is 2.14. The molecule has 3 aromatic carbocycles. The van der Waals surface area contributed by atoms with Crippen LogP contribution in [0, 0.1) is 6.92 Å². The van der Waals surface area contributed by atoms with Gasteiger partial charge in [0.2, 0.25) is 5.91 Å². The van der Waals surface area contributed by atoms with Crippen molar-refractivity contribution in [3.05, 3.63) is 90.1 Å². The number of rotatable bonds is 5. The second-order valence-corrected chi connectivity index (χ2v) is 6.80. The Kier molecular flexibility index (Phi) is 4.85. The van der Waals surface area contributed by atoms with E-state index in [9.17, 15) is 4.79 Å². The van der Waals surface area contributed by atoms with Gasteiger partial charge in [0.1, 0.15) is 11.5 Å². The van der Waals surface area contributed by atoms with E-state index in [1.54, 1.807) is 0 Å². The van der Waals surface area contributed by atoms with Gasteiger partial charge < -0.3 is 14.6 Å². The first-order valence-electron chi connectivity index (χ1n) is 9.27. The number of fused-ring (bicyclic) bond motifs is 1. The number of para-hydroxylation sites is 2. The summed E-state index contributed by atoms with van der Waals surface area (Å²) in [7, 11) is 2.03. The maximum absolute atomic E-state index is 12.6. The van der Waals surface area contributed by atoms with Gasteiger partial charge in [-0.2, -0.15) is 0 Å². The van der Waals surface area contributed by atoms with Gasteiger partial charge in [-0.1, -0.05) is 36.4 Å². The van der Waals surface area contributed by atoms with Crippen molar-refractivity contribution in [3.8, 4) is 11.5 Å². The van der Waals surface area contributed by atoms with Crippen LogP contribution in [-0.2, 0) is 18.3 Å². The first kappa shape index (κ1) is 17.9. The quantitative estimate of drug-likeness (QED) is 0.507.